The molecule has 0 aliphatic carbocycles. The normalized spacial score (nSPS) is 21.5. The molecule has 430 valence electrons. The largest absolute Gasteiger partial charge is 0.491 e. The first kappa shape index (κ1) is 56.3. The molecule has 1 N–H and O–H groups in total. The molecule has 0 bridgehead atoms. The molecule has 21 heteroatoms. The second-order valence-electron chi connectivity index (χ2n) is 20.7. The van der Waals surface area contributed by atoms with Gasteiger partial charge in [0.25, 0.3) is 5.69 Å². The number of ether oxygens (including phenoxy) is 7. The van der Waals surface area contributed by atoms with Gasteiger partial charge in [-0.15, -0.1) is 0 Å². The number of benzene rings is 6. The maximum absolute atomic E-state index is 17.0. The smallest absolute Gasteiger partial charge is 0.421 e. The van der Waals surface area contributed by atoms with Crippen LogP contribution in [0.1, 0.15) is 63.6 Å². The van der Waals surface area contributed by atoms with Gasteiger partial charge in [0, 0.05) is 56.8 Å². The molecular formula is C63H57N5O16. The highest BCUT2D eigenvalue weighted by molar-refractivity contribution is 6.23. The van der Waals surface area contributed by atoms with Crippen LogP contribution < -0.4 is 19.1 Å². The van der Waals surface area contributed by atoms with Crippen LogP contribution in [0.15, 0.2) is 146 Å². The Balaban J connectivity index is 1.11. The van der Waals surface area contributed by atoms with Gasteiger partial charge in [-0.05, 0) is 88.0 Å². The number of piperazine rings is 1. The predicted octanol–water partition coefficient (Wildman–Crippen LogP) is 6.75. The Kier molecular flexibility index (Phi) is 16.1. The number of cyclic esters (lactones) is 1. The number of aliphatic hydroxyl groups excluding tert-OH is 1. The molecule has 0 unspecified atom stereocenters. The van der Waals surface area contributed by atoms with Gasteiger partial charge in [0.15, 0.2) is 17.4 Å². The van der Waals surface area contributed by atoms with Crippen LogP contribution >= 0.6 is 0 Å². The van der Waals surface area contributed by atoms with Gasteiger partial charge in [0.1, 0.15) is 36.5 Å². The number of carbonyl (C=O) groups excluding carboxylic acids is 6. The van der Waals surface area contributed by atoms with Gasteiger partial charge in [0.2, 0.25) is 18.6 Å². The van der Waals surface area contributed by atoms with Crippen molar-refractivity contribution in [2.75, 3.05) is 65.3 Å². The first-order valence-corrected chi connectivity index (χ1v) is 27.2. The Morgan fingerprint density at radius 2 is 1.44 bits per heavy atom. The monoisotopic (exact) mass is 1140 g/mol. The van der Waals surface area contributed by atoms with Gasteiger partial charge >= 0.3 is 24.0 Å². The number of amides is 3. The second kappa shape index (κ2) is 24.1. The number of nitro groups is 1. The molecular weight excluding hydrogens is 1080 g/mol. The number of methoxy groups -OCH3 is 2. The summed E-state index contributed by atoms with van der Waals surface area (Å²) in [6.45, 7) is 0.862. The summed E-state index contributed by atoms with van der Waals surface area (Å²) in [4.78, 5) is 108. The van der Waals surface area contributed by atoms with E-state index < -0.39 is 88.8 Å². The van der Waals surface area contributed by atoms with Gasteiger partial charge in [-0.1, -0.05) is 90.7 Å². The number of aliphatic hydroxyl groups is 1. The number of hydrogen-bond acceptors (Lipinski definition) is 18. The molecule has 3 amide bonds. The zero-order valence-corrected chi connectivity index (χ0v) is 45.7. The fraction of sp³-hybridized carbons (Fsp3) is 0.302. The molecule has 21 nitrogen and oxygen atoms in total. The molecule has 3 fully saturated rings. The lowest BCUT2D eigenvalue weighted by Crippen LogP contribution is -2.59. The first-order valence-electron chi connectivity index (χ1n) is 27.2. The van der Waals surface area contributed by atoms with E-state index >= 15 is 19.2 Å². The number of morpholine rings is 1. The molecule has 0 radical (unpaired) electrons. The average molecular weight is 1140 g/mol. The molecule has 6 aromatic carbocycles. The van der Waals surface area contributed by atoms with Crippen LogP contribution in [-0.4, -0.2) is 127 Å². The summed E-state index contributed by atoms with van der Waals surface area (Å²) in [6.07, 6.45) is -2.54. The maximum Gasteiger partial charge on any atom is 0.421 e. The summed E-state index contributed by atoms with van der Waals surface area (Å²) in [7, 11) is 2.26. The lowest BCUT2D eigenvalue weighted by Gasteiger charge is -2.46. The molecule has 0 aromatic heterocycles. The van der Waals surface area contributed by atoms with Crippen LogP contribution in [0.2, 0.25) is 0 Å². The van der Waals surface area contributed by atoms with E-state index in [1.54, 1.807) is 35.2 Å². The number of non-ortho nitro benzene ring substituents is 1. The lowest BCUT2D eigenvalue weighted by atomic mass is 9.64. The van der Waals surface area contributed by atoms with E-state index in [0.717, 1.165) is 24.7 Å². The number of esters is 3. The molecule has 3 saturated heterocycles. The molecule has 5 heterocycles. The quantitative estimate of drug-likeness (QED) is 0.0279. The van der Waals surface area contributed by atoms with Crippen LogP contribution in [0.25, 0.3) is 0 Å². The summed E-state index contributed by atoms with van der Waals surface area (Å²) < 4.78 is 39.6. The molecule has 5 aliphatic heterocycles. The number of fused-ring (bicyclic) bond motifs is 4. The summed E-state index contributed by atoms with van der Waals surface area (Å²) in [5.74, 6) is 0.336. The van der Waals surface area contributed by atoms with Crippen molar-refractivity contribution < 1.29 is 72.0 Å². The zero-order valence-electron chi connectivity index (χ0n) is 45.7. The minimum Gasteiger partial charge on any atom is -0.491 e. The van der Waals surface area contributed by atoms with Crippen molar-refractivity contribution in [3.63, 3.8) is 0 Å². The SMILES string of the molecule is COC(=O)C(CC#Cc1ccc2c(c1)[C@]1(C(=O)N2C(=O)OCc2ccc([N+](=O)[O-])cc2)[C@H](c2cccc(OCCO)c2)N2[C@H](c3ccccc3)[C@H](c3ccccc3)OC(=O)[C@H]2[C@@H]1C(=O)N1CCN(Cc2ccc3c(c2)OCO3)CC1)C(=O)OC. The third kappa shape index (κ3) is 10.5. The molecule has 6 aromatic rings. The molecule has 6 atom stereocenters. The number of carbonyl (C=O) groups is 6. The van der Waals surface area contributed by atoms with Crippen molar-refractivity contribution in [3.8, 4) is 29.1 Å². The van der Waals surface area contributed by atoms with Crippen LogP contribution in [0.3, 0.4) is 0 Å². The van der Waals surface area contributed by atoms with E-state index in [9.17, 15) is 24.8 Å². The molecule has 11 rings (SSSR count). The zero-order chi connectivity index (χ0) is 58.6. The minimum atomic E-state index is -2.25. The van der Waals surface area contributed by atoms with E-state index in [4.69, 9.17) is 33.2 Å². The van der Waals surface area contributed by atoms with Crippen LogP contribution in [0.4, 0.5) is 16.2 Å². The lowest BCUT2D eigenvalue weighted by molar-refractivity contribution is -0.384. The Bertz CT molecular complexity index is 3570. The fourth-order valence-electron chi connectivity index (χ4n) is 12.2. The van der Waals surface area contributed by atoms with Gasteiger partial charge < -0.3 is 43.2 Å². The Morgan fingerprint density at radius 1 is 0.762 bits per heavy atom. The number of nitrogens with zero attached hydrogens (tertiary/aromatic N) is 5. The van der Waals surface area contributed by atoms with Gasteiger partial charge in [-0.2, -0.15) is 0 Å². The number of imide groups is 1. The van der Waals surface area contributed by atoms with Crippen molar-refractivity contribution in [2.24, 2.45) is 11.8 Å². The molecule has 1 spiro atoms. The number of anilines is 1. The van der Waals surface area contributed by atoms with E-state index in [0.29, 0.717) is 53.4 Å². The highest BCUT2D eigenvalue weighted by Crippen LogP contribution is 2.66. The Morgan fingerprint density at radius 3 is 2.13 bits per heavy atom. The number of hydrogen-bond donors (Lipinski definition) is 1. The Hall–Kier alpha value is -9.62. The first-order chi connectivity index (χ1) is 40.8. The molecule has 5 aliphatic rings. The van der Waals surface area contributed by atoms with Crippen LogP contribution in [0, 0.1) is 33.8 Å². The summed E-state index contributed by atoms with van der Waals surface area (Å²) in [5, 5.41) is 21.5. The number of nitro benzene ring substituents is 1. The highest BCUT2D eigenvalue weighted by atomic mass is 16.7. The maximum atomic E-state index is 17.0. The minimum absolute atomic E-state index is 0.00522. The molecule has 84 heavy (non-hydrogen) atoms. The number of rotatable bonds is 15. The molecule has 0 saturated carbocycles. The van der Waals surface area contributed by atoms with E-state index in [1.165, 1.54) is 36.4 Å². The third-order valence-corrected chi connectivity index (χ3v) is 16.0. The van der Waals surface area contributed by atoms with Crippen molar-refractivity contribution >= 4 is 47.2 Å². The van der Waals surface area contributed by atoms with Gasteiger partial charge in [-0.3, -0.25) is 43.9 Å². The van der Waals surface area contributed by atoms with E-state index in [1.807, 2.05) is 83.8 Å². The van der Waals surface area contributed by atoms with Crippen LogP contribution in [-0.2, 0) is 61.5 Å². The van der Waals surface area contributed by atoms with E-state index in [-0.39, 0.29) is 67.8 Å². The van der Waals surface area contributed by atoms with Crippen molar-refractivity contribution in [3.05, 3.63) is 195 Å². The second-order valence-corrected chi connectivity index (χ2v) is 20.7. The van der Waals surface area contributed by atoms with Gasteiger partial charge in [-0.25, -0.2) is 9.69 Å². The predicted molar refractivity (Wildman–Crippen MR) is 298 cm³/mol. The van der Waals surface area contributed by atoms with Crippen LogP contribution in [0.5, 0.6) is 17.2 Å². The standard InChI is InChI=1S/C63H57N5O16/c1-78-58(71)47(59(72)79-2)18-9-11-39-21-25-49-48(33-39)63(61(74)66(49)62(75)81-37-40-19-23-45(24-20-40)68(76)77)52(57(70)65-29-27-64(28-30-65)36-41-22-26-50-51(34-41)83-38-82-50)54-60(73)84-55(43-14-7-4-8-15-43)53(42-12-5-3-6-13-42)67(54)56(63)44-16-10-17-46(35-44)80-32-31-69/h3-8,10,12-17,19-26,33-35,47,52-56,69H,18,27-32,36-38H2,1-2H3/t52-,53-,54-,55+,56+,63-/m1/s1. The van der Waals surface area contributed by atoms with E-state index in [2.05, 4.69) is 16.7 Å². The summed E-state index contributed by atoms with van der Waals surface area (Å²) in [6, 6.07) is 37.1. The summed E-state index contributed by atoms with van der Waals surface area (Å²) in [5.41, 5.74) is 0.874. The van der Waals surface area contributed by atoms with Crippen molar-refractivity contribution in [1.82, 2.24) is 14.7 Å². The Labute approximate surface area is 482 Å². The highest BCUT2D eigenvalue weighted by Gasteiger charge is 2.76. The van der Waals surface area contributed by atoms with Gasteiger partial charge in [0.05, 0.1) is 49.4 Å². The van der Waals surface area contributed by atoms with Crippen molar-refractivity contribution in [1.29, 1.82) is 0 Å². The third-order valence-electron chi connectivity index (χ3n) is 16.0. The summed E-state index contributed by atoms with van der Waals surface area (Å²) >= 11 is 0. The average Bonchev–Trinajstić information content (AvgIpc) is 1.51. The fourth-order valence-corrected chi connectivity index (χ4v) is 12.2. The van der Waals surface area contributed by atoms with Crippen molar-refractivity contribution in [2.45, 2.75) is 49.2 Å². The topological polar surface area (TPSA) is 243 Å².